The standard InChI is InChI=1S/C26H24BrN5O5S/c1-16-4-8-22(12-17(16)2)31-18(3)28-29-26(31)38-25(14-30(33)34)23-13-20(27)7-11-24(23)37-15-19-5-9-21(10-6-19)32(35)36/h4-13,25H,14-15H2,1-3H3/t25-/m1/s1. The molecule has 0 N–H and O–H groups in total. The molecule has 38 heavy (non-hydrogen) atoms. The second-order valence-corrected chi connectivity index (χ2v) is 10.7. The third-order valence-electron chi connectivity index (χ3n) is 5.97. The molecule has 1 aromatic heterocycles. The molecule has 3 aromatic carbocycles. The number of aromatic nitrogens is 3. The molecule has 0 spiro atoms. The van der Waals surface area contributed by atoms with Crippen molar-refractivity contribution in [2.24, 2.45) is 0 Å². The summed E-state index contributed by atoms with van der Waals surface area (Å²) in [6.07, 6.45) is 0. The third-order valence-corrected chi connectivity index (χ3v) is 7.62. The van der Waals surface area contributed by atoms with Crippen LogP contribution in [0.5, 0.6) is 5.75 Å². The van der Waals surface area contributed by atoms with Crippen LogP contribution < -0.4 is 4.74 Å². The Balaban J connectivity index is 1.66. The second-order valence-electron chi connectivity index (χ2n) is 8.65. The van der Waals surface area contributed by atoms with E-state index in [4.69, 9.17) is 4.74 Å². The summed E-state index contributed by atoms with van der Waals surface area (Å²) in [4.78, 5) is 21.8. The molecule has 4 rings (SSSR count). The molecule has 0 radical (unpaired) electrons. The van der Waals surface area contributed by atoms with Gasteiger partial charge in [0.15, 0.2) is 5.16 Å². The molecule has 0 aliphatic heterocycles. The molecular formula is C26H24BrN5O5S. The fourth-order valence-corrected chi connectivity index (χ4v) is 5.39. The van der Waals surface area contributed by atoms with Crippen LogP contribution in [-0.4, -0.2) is 31.2 Å². The molecule has 0 bridgehead atoms. The molecule has 0 saturated carbocycles. The van der Waals surface area contributed by atoms with Crippen LogP contribution in [-0.2, 0) is 6.61 Å². The van der Waals surface area contributed by atoms with Crippen LogP contribution in [0.15, 0.2) is 70.3 Å². The van der Waals surface area contributed by atoms with Crippen molar-refractivity contribution < 1.29 is 14.6 Å². The van der Waals surface area contributed by atoms with Gasteiger partial charge in [0, 0.05) is 32.8 Å². The number of non-ortho nitro benzene ring substituents is 1. The highest BCUT2D eigenvalue weighted by atomic mass is 79.9. The van der Waals surface area contributed by atoms with Crippen molar-refractivity contribution in [2.45, 2.75) is 37.8 Å². The lowest BCUT2D eigenvalue weighted by Crippen LogP contribution is -2.13. The van der Waals surface area contributed by atoms with Gasteiger partial charge in [-0.25, -0.2) is 0 Å². The van der Waals surface area contributed by atoms with Gasteiger partial charge in [-0.2, -0.15) is 0 Å². The van der Waals surface area contributed by atoms with E-state index in [-0.39, 0.29) is 23.8 Å². The molecule has 1 heterocycles. The van der Waals surface area contributed by atoms with Gasteiger partial charge in [0.25, 0.3) is 5.69 Å². The summed E-state index contributed by atoms with van der Waals surface area (Å²) in [7, 11) is 0. The van der Waals surface area contributed by atoms with Crippen LogP contribution in [0.3, 0.4) is 0 Å². The van der Waals surface area contributed by atoms with Gasteiger partial charge in [0.2, 0.25) is 6.54 Å². The van der Waals surface area contributed by atoms with Crippen LogP contribution in [0.1, 0.15) is 33.3 Å². The molecule has 0 aliphatic rings. The van der Waals surface area contributed by atoms with Crippen molar-refractivity contribution >= 4 is 33.4 Å². The average Bonchev–Trinajstić information content (AvgIpc) is 3.24. The Bertz CT molecular complexity index is 1490. The van der Waals surface area contributed by atoms with Crippen molar-refractivity contribution in [2.75, 3.05) is 6.54 Å². The Morgan fingerprint density at radius 2 is 1.71 bits per heavy atom. The number of halogens is 1. The highest BCUT2D eigenvalue weighted by Gasteiger charge is 2.27. The van der Waals surface area contributed by atoms with Crippen molar-refractivity contribution in [1.29, 1.82) is 0 Å². The van der Waals surface area contributed by atoms with Crippen molar-refractivity contribution in [1.82, 2.24) is 14.8 Å². The number of aryl methyl sites for hydroxylation is 3. The summed E-state index contributed by atoms with van der Waals surface area (Å²) in [6, 6.07) is 17.4. The van der Waals surface area contributed by atoms with Crippen LogP contribution >= 0.6 is 27.7 Å². The van der Waals surface area contributed by atoms with E-state index in [2.05, 4.69) is 26.1 Å². The van der Waals surface area contributed by atoms with Crippen molar-refractivity contribution in [3.05, 3.63) is 113 Å². The van der Waals surface area contributed by atoms with Crippen molar-refractivity contribution in [3.8, 4) is 11.4 Å². The largest absolute Gasteiger partial charge is 0.489 e. The van der Waals surface area contributed by atoms with E-state index in [0.29, 0.717) is 22.3 Å². The minimum Gasteiger partial charge on any atom is -0.489 e. The summed E-state index contributed by atoms with van der Waals surface area (Å²) >= 11 is 4.72. The zero-order chi connectivity index (χ0) is 27.4. The zero-order valence-electron chi connectivity index (χ0n) is 20.8. The second kappa shape index (κ2) is 11.7. The molecule has 12 heteroatoms. The molecule has 196 valence electrons. The number of nitro benzene ring substituents is 1. The maximum atomic E-state index is 11.7. The Kier molecular flexibility index (Phi) is 8.42. The summed E-state index contributed by atoms with van der Waals surface area (Å²) in [5.41, 5.74) is 4.49. The zero-order valence-corrected chi connectivity index (χ0v) is 23.2. The number of rotatable bonds is 10. The van der Waals surface area contributed by atoms with E-state index in [1.807, 2.05) is 43.5 Å². The lowest BCUT2D eigenvalue weighted by atomic mass is 10.1. The summed E-state index contributed by atoms with van der Waals surface area (Å²) in [5.74, 6) is 1.14. The molecule has 0 amide bonds. The Hall–Kier alpha value is -3.77. The van der Waals surface area contributed by atoms with Crippen LogP contribution in [0.25, 0.3) is 5.69 Å². The molecule has 1 atom stereocenters. The van der Waals surface area contributed by atoms with Gasteiger partial charge in [0.1, 0.15) is 23.4 Å². The first-order chi connectivity index (χ1) is 18.1. The minimum atomic E-state index is -0.636. The van der Waals surface area contributed by atoms with Gasteiger partial charge >= 0.3 is 0 Å². The topological polar surface area (TPSA) is 126 Å². The fourth-order valence-electron chi connectivity index (χ4n) is 3.82. The first-order valence-corrected chi connectivity index (χ1v) is 13.2. The van der Waals surface area contributed by atoms with E-state index in [9.17, 15) is 20.2 Å². The number of thioether (sulfide) groups is 1. The van der Waals surface area contributed by atoms with Gasteiger partial charge in [-0.05, 0) is 79.9 Å². The normalized spacial score (nSPS) is 11.8. The molecular weight excluding hydrogens is 574 g/mol. The first-order valence-electron chi connectivity index (χ1n) is 11.6. The average molecular weight is 598 g/mol. The monoisotopic (exact) mass is 597 g/mol. The number of nitrogens with zero attached hydrogens (tertiary/aromatic N) is 5. The Labute approximate surface area is 231 Å². The Morgan fingerprint density at radius 1 is 0.974 bits per heavy atom. The lowest BCUT2D eigenvalue weighted by Gasteiger charge is -2.18. The number of nitro groups is 2. The molecule has 0 saturated heterocycles. The number of hydrogen-bond acceptors (Lipinski definition) is 8. The van der Waals surface area contributed by atoms with Crippen LogP contribution in [0.2, 0.25) is 0 Å². The molecule has 0 aliphatic carbocycles. The van der Waals surface area contributed by atoms with Gasteiger partial charge in [-0.15, -0.1) is 10.2 Å². The van der Waals surface area contributed by atoms with E-state index >= 15 is 0 Å². The van der Waals surface area contributed by atoms with Gasteiger partial charge < -0.3 is 4.74 Å². The predicted molar refractivity (Wildman–Crippen MR) is 148 cm³/mol. The van der Waals surface area contributed by atoms with Crippen molar-refractivity contribution in [3.63, 3.8) is 0 Å². The maximum absolute atomic E-state index is 11.7. The summed E-state index contributed by atoms with van der Waals surface area (Å²) in [5, 5.41) is 31.1. The van der Waals surface area contributed by atoms with E-state index in [0.717, 1.165) is 26.9 Å². The lowest BCUT2D eigenvalue weighted by molar-refractivity contribution is -0.479. The SMILES string of the molecule is Cc1ccc(-n2c(C)nnc2S[C@H](C[N+](=O)[O-])c2cc(Br)ccc2OCc2ccc([N+](=O)[O-])cc2)cc1C. The maximum Gasteiger partial charge on any atom is 0.269 e. The smallest absolute Gasteiger partial charge is 0.269 e. The third kappa shape index (κ3) is 6.37. The highest BCUT2D eigenvalue weighted by molar-refractivity contribution is 9.10. The van der Waals surface area contributed by atoms with Crippen LogP contribution in [0.4, 0.5) is 5.69 Å². The highest BCUT2D eigenvalue weighted by Crippen LogP contribution is 2.41. The molecule has 0 unspecified atom stereocenters. The fraction of sp³-hybridized carbons (Fsp3) is 0.231. The predicted octanol–water partition coefficient (Wildman–Crippen LogP) is 6.55. The van der Waals surface area contributed by atoms with E-state index in [1.165, 1.54) is 23.9 Å². The van der Waals surface area contributed by atoms with E-state index in [1.54, 1.807) is 30.3 Å². The van der Waals surface area contributed by atoms with E-state index < -0.39 is 10.2 Å². The van der Waals surface area contributed by atoms with Crippen LogP contribution in [0, 0.1) is 41.0 Å². The van der Waals surface area contributed by atoms with Gasteiger partial charge in [0.05, 0.1) is 4.92 Å². The number of ether oxygens (including phenoxy) is 1. The number of benzene rings is 3. The molecule has 4 aromatic rings. The summed E-state index contributed by atoms with van der Waals surface area (Å²) in [6.45, 7) is 5.67. The Morgan fingerprint density at radius 3 is 2.37 bits per heavy atom. The quantitative estimate of drug-likeness (QED) is 0.114. The van der Waals surface area contributed by atoms with Gasteiger partial charge in [-0.3, -0.25) is 24.8 Å². The summed E-state index contributed by atoms with van der Waals surface area (Å²) < 4.78 is 8.69. The minimum absolute atomic E-state index is 0.0105. The molecule has 0 fully saturated rings. The molecule has 10 nitrogen and oxygen atoms in total. The number of hydrogen-bond donors (Lipinski definition) is 0. The van der Waals surface area contributed by atoms with Gasteiger partial charge in [-0.1, -0.05) is 33.8 Å². The first kappa shape index (κ1) is 27.3.